The molecule has 0 aliphatic rings. The molecular formula is C16H27NO4. The number of nitrogens with zero attached hydrogens (tertiary/aromatic N) is 1. The first-order valence-corrected chi connectivity index (χ1v) is 7.79. The average molecular weight is 297 g/mol. The quantitative estimate of drug-likeness (QED) is 0.579. The molecule has 0 rings (SSSR count). The van der Waals surface area contributed by atoms with E-state index >= 15 is 0 Å². The molecule has 0 spiro atoms. The van der Waals surface area contributed by atoms with Crippen LogP contribution in [0.4, 0.5) is 0 Å². The zero-order valence-corrected chi connectivity index (χ0v) is 13.6. The first-order chi connectivity index (χ1) is 10.0. The third kappa shape index (κ3) is 5.04. The molecule has 0 bridgehead atoms. The van der Waals surface area contributed by atoms with Gasteiger partial charge in [-0.2, -0.15) is 5.26 Å². The van der Waals surface area contributed by atoms with Crippen molar-refractivity contribution in [3.05, 3.63) is 0 Å². The van der Waals surface area contributed by atoms with Crippen molar-refractivity contribution in [3.8, 4) is 6.07 Å². The summed E-state index contributed by atoms with van der Waals surface area (Å²) in [6, 6.07) is 2.08. The first-order valence-electron chi connectivity index (χ1n) is 7.79. The standard InChI is InChI=1S/C16H27NO4/c1-5-9-11-16(12-17,15(19)21-8-4)13(10-6-2)14(18)20-7-3/h13H,5-11H2,1-4H3. The third-order valence-corrected chi connectivity index (χ3v) is 3.51. The van der Waals surface area contributed by atoms with Crippen LogP contribution in [0.5, 0.6) is 0 Å². The Kier molecular flexibility index (Phi) is 9.44. The van der Waals surface area contributed by atoms with Gasteiger partial charge in [0.15, 0.2) is 5.41 Å². The molecule has 0 heterocycles. The minimum atomic E-state index is -1.44. The minimum absolute atomic E-state index is 0.191. The summed E-state index contributed by atoms with van der Waals surface area (Å²) in [5, 5.41) is 9.66. The summed E-state index contributed by atoms with van der Waals surface area (Å²) in [6.45, 7) is 7.73. The lowest BCUT2D eigenvalue weighted by molar-refractivity contribution is -0.166. The predicted octanol–water partition coefficient (Wildman–Crippen LogP) is 3.23. The minimum Gasteiger partial charge on any atom is -0.466 e. The van der Waals surface area contributed by atoms with Crippen molar-refractivity contribution < 1.29 is 19.1 Å². The van der Waals surface area contributed by atoms with Crippen LogP contribution in [0, 0.1) is 22.7 Å². The summed E-state index contributed by atoms with van der Waals surface area (Å²) >= 11 is 0. The van der Waals surface area contributed by atoms with Crippen LogP contribution in [0.25, 0.3) is 0 Å². The highest BCUT2D eigenvalue weighted by Crippen LogP contribution is 2.38. The van der Waals surface area contributed by atoms with E-state index in [9.17, 15) is 14.9 Å². The second kappa shape index (κ2) is 10.2. The van der Waals surface area contributed by atoms with Crippen LogP contribution in [0.1, 0.15) is 59.8 Å². The molecule has 0 radical (unpaired) electrons. The summed E-state index contributed by atoms with van der Waals surface area (Å²) in [6.07, 6.45) is 2.98. The van der Waals surface area contributed by atoms with Crippen LogP contribution >= 0.6 is 0 Å². The first kappa shape index (κ1) is 19.4. The SMILES string of the molecule is CCCCC(C#N)(C(=O)OCC)C(CCC)C(=O)OCC. The molecule has 2 unspecified atom stereocenters. The monoisotopic (exact) mass is 297 g/mol. The summed E-state index contributed by atoms with van der Waals surface area (Å²) in [7, 11) is 0. The highest BCUT2D eigenvalue weighted by molar-refractivity contribution is 5.88. The number of ether oxygens (including phenoxy) is 2. The van der Waals surface area contributed by atoms with Crippen molar-refractivity contribution in [2.45, 2.75) is 59.8 Å². The van der Waals surface area contributed by atoms with Crippen LogP contribution in [-0.2, 0) is 19.1 Å². The maximum Gasteiger partial charge on any atom is 0.327 e. The zero-order chi connectivity index (χ0) is 16.3. The van der Waals surface area contributed by atoms with Crippen LogP contribution in [-0.4, -0.2) is 25.2 Å². The van der Waals surface area contributed by atoms with E-state index in [1.165, 1.54) is 0 Å². The lowest BCUT2D eigenvalue weighted by atomic mass is 9.71. The van der Waals surface area contributed by atoms with Crippen molar-refractivity contribution in [1.82, 2.24) is 0 Å². The zero-order valence-electron chi connectivity index (χ0n) is 13.6. The Hall–Kier alpha value is -1.57. The van der Waals surface area contributed by atoms with Gasteiger partial charge in [0.25, 0.3) is 0 Å². The summed E-state index contributed by atoms with van der Waals surface area (Å²) < 4.78 is 10.2. The smallest absolute Gasteiger partial charge is 0.327 e. The molecule has 5 heteroatoms. The Balaban J connectivity index is 5.60. The van der Waals surface area contributed by atoms with Gasteiger partial charge in [0, 0.05) is 0 Å². The van der Waals surface area contributed by atoms with E-state index in [1.54, 1.807) is 13.8 Å². The van der Waals surface area contributed by atoms with Crippen LogP contribution in [0.3, 0.4) is 0 Å². The van der Waals surface area contributed by atoms with Gasteiger partial charge in [-0.05, 0) is 26.7 Å². The van der Waals surface area contributed by atoms with Gasteiger partial charge in [0.2, 0.25) is 0 Å². The molecule has 0 aromatic carbocycles. The summed E-state index contributed by atoms with van der Waals surface area (Å²) in [5.74, 6) is -1.85. The van der Waals surface area contributed by atoms with Gasteiger partial charge < -0.3 is 9.47 Å². The fourth-order valence-electron chi connectivity index (χ4n) is 2.41. The Morgan fingerprint density at radius 3 is 2.14 bits per heavy atom. The van der Waals surface area contributed by atoms with Gasteiger partial charge in [-0.15, -0.1) is 0 Å². The molecule has 0 aliphatic heterocycles. The van der Waals surface area contributed by atoms with Crippen molar-refractivity contribution in [2.24, 2.45) is 11.3 Å². The maximum atomic E-state index is 12.4. The van der Waals surface area contributed by atoms with Gasteiger partial charge in [-0.3, -0.25) is 9.59 Å². The van der Waals surface area contributed by atoms with E-state index in [1.807, 2.05) is 13.8 Å². The molecule has 0 N–H and O–H groups in total. The van der Waals surface area contributed by atoms with Gasteiger partial charge >= 0.3 is 11.9 Å². The largest absolute Gasteiger partial charge is 0.466 e. The fraction of sp³-hybridized carbons (Fsp3) is 0.812. The number of carbonyl (C=O) groups excluding carboxylic acids is 2. The van der Waals surface area contributed by atoms with Gasteiger partial charge in [-0.1, -0.05) is 33.1 Å². The van der Waals surface area contributed by atoms with E-state index in [0.29, 0.717) is 25.7 Å². The predicted molar refractivity (Wildman–Crippen MR) is 79.2 cm³/mol. The lowest BCUT2D eigenvalue weighted by Crippen LogP contribution is -2.43. The molecule has 5 nitrogen and oxygen atoms in total. The molecule has 0 saturated heterocycles. The van der Waals surface area contributed by atoms with Gasteiger partial charge in [0.1, 0.15) is 0 Å². The van der Waals surface area contributed by atoms with Gasteiger partial charge in [-0.25, -0.2) is 0 Å². The Bertz CT molecular complexity index is 375. The van der Waals surface area contributed by atoms with Crippen LogP contribution in [0.15, 0.2) is 0 Å². The molecule has 21 heavy (non-hydrogen) atoms. The molecule has 120 valence electrons. The van der Waals surface area contributed by atoms with Crippen molar-refractivity contribution >= 4 is 11.9 Å². The molecular weight excluding hydrogens is 270 g/mol. The normalized spacial score (nSPS) is 14.6. The number of nitriles is 1. The highest BCUT2D eigenvalue weighted by atomic mass is 16.5. The summed E-state index contributed by atoms with van der Waals surface area (Å²) in [5.41, 5.74) is -1.44. The summed E-state index contributed by atoms with van der Waals surface area (Å²) in [4.78, 5) is 24.6. The number of hydrogen-bond donors (Lipinski definition) is 0. The van der Waals surface area contributed by atoms with Crippen LogP contribution in [0.2, 0.25) is 0 Å². The second-order valence-electron chi connectivity index (χ2n) is 5.00. The molecule has 0 amide bonds. The molecule has 2 atom stereocenters. The lowest BCUT2D eigenvalue weighted by Gasteiger charge is -2.31. The van der Waals surface area contributed by atoms with E-state index in [-0.39, 0.29) is 13.2 Å². The molecule has 0 aromatic rings. The highest BCUT2D eigenvalue weighted by Gasteiger charge is 2.50. The van der Waals surface area contributed by atoms with E-state index in [2.05, 4.69) is 6.07 Å². The number of rotatable bonds is 10. The van der Waals surface area contributed by atoms with Crippen molar-refractivity contribution in [1.29, 1.82) is 5.26 Å². The topological polar surface area (TPSA) is 76.4 Å². The van der Waals surface area contributed by atoms with E-state index in [0.717, 1.165) is 6.42 Å². The Morgan fingerprint density at radius 1 is 1.10 bits per heavy atom. The molecule has 0 saturated carbocycles. The third-order valence-electron chi connectivity index (χ3n) is 3.51. The Morgan fingerprint density at radius 2 is 1.71 bits per heavy atom. The van der Waals surface area contributed by atoms with Crippen LogP contribution < -0.4 is 0 Å². The van der Waals surface area contributed by atoms with Gasteiger partial charge in [0.05, 0.1) is 25.2 Å². The van der Waals surface area contributed by atoms with Crippen molar-refractivity contribution in [2.75, 3.05) is 13.2 Å². The number of unbranched alkanes of at least 4 members (excludes halogenated alkanes) is 1. The molecule has 0 aliphatic carbocycles. The number of carbonyl (C=O) groups is 2. The number of esters is 2. The maximum absolute atomic E-state index is 12.4. The second-order valence-corrected chi connectivity index (χ2v) is 5.00. The Labute approximate surface area is 127 Å². The average Bonchev–Trinajstić information content (AvgIpc) is 2.47. The fourth-order valence-corrected chi connectivity index (χ4v) is 2.41. The number of hydrogen-bond acceptors (Lipinski definition) is 5. The van der Waals surface area contributed by atoms with E-state index in [4.69, 9.17) is 9.47 Å². The van der Waals surface area contributed by atoms with E-state index < -0.39 is 23.3 Å². The van der Waals surface area contributed by atoms with Crippen molar-refractivity contribution in [3.63, 3.8) is 0 Å². The molecule has 0 fully saturated rings. The molecule has 0 aromatic heterocycles.